The number of aromatic nitrogens is 4. The Kier molecular flexibility index (Phi) is 5.92. The normalized spacial score (nSPS) is 10.8. The van der Waals surface area contributed by atoms with E-state index in [-0.39, 0.29) is 53.0 Å². The summed E-state index contributed by atoms with van der Waals surface area (Å²) in [5.74, 6) is -1.24. The molecule has 0 bridgehead atoms. The molecule has 2 aromatic heterocycles. The molecular weight excluding hydrogens is 446 g/mol. The lowest BCUT2D eigenvalue weighted by atomic mass is 10.2. The molecule has 2 aromatic carbocycles. The average molecular weight is 464 g/mol. The van der Waals surface area contributed by atoms with E-state index in [0.717, 1.165) is 16.7 Å². The number of nitrogens with two attached hydrogens (primary N) is 2. The Morgan fingerprint density at radius 3 is 2.56 bits per heavy atom. The topological polar surface area (TPSA) is 158 Å². The van der Waals surface area contributed by atoms with E-state index in [9.17, 15) is 18.8 Å². The highest BCUT2D eigenvalue weighted by molar-refractivity contribution is 5.84. The van der Waals surface area contributed by atoms with Gasteiger partial charge in [-0.1, -0.05) is 6.07 Å². The van der Waals surface area contributed by atoms with Crippen molar-refractivity contribution in [1.82, 2.24) is 19.5 Å². The first-order valence-electron chi connectivity index (χ1n) is 9.94. The fourth-order valence-electron chi connectivity index (χ4n) is 3.52. The Morgan fingerprint density at radius 1 is 1.15 bits per heavy atom. The van der Waals surface area contributed by atoms with Gasteiger partial charge in [0.1, 0.15) is 46.2 Å². The third-order valence-corrected chi connectivity index (χ3v) is 4.96. The van der Waals surface area contributed by atoms with Gasteiger partial charge in [-0.05, 0) is 24.3 Å². The van der Waals surface area contributed by atoms with E-state index in [0.29, 0.717) is 17.3 Å². The molecule has 12 heteroatoms. The van der Waals surface area contributed by atoms with Crippen molar-refractivity contribution in [3.63, 3.8) is 0 Å². The molecule has 0 aliphatic carbocycles. The van der Waals surface area contributed by atoms with Crippen LogP contribution in [0.4, 0.5) is 26.4 Å². The van der Waals surface area contributed by atoms with Gasteiger partial charge in [0.2, 0.25) is 5.95 Å². The lowest BCUT2D eigenvalue weighted by Crippen LogP contribution is -2.26. The summed E-state index contributed by atoms with van der Waals surface area (Å²) in [5, 5.41) is 12.5. The smallest absolute Gasteiger partial charge is 0.266 e. The molecule has 34 heavy (non-hydrogen) atoms. The third-order valence-electron chi connectivity index (χ3n) is 4.96. The van der Waals surface area contributed by atoms with Crippen LogP contribution in [-0.2, 0) is 6.42 Å². The Labute approximate surface area is 191 Å². The highest BCUT2D eigenvalue weighted by atomic mass is 19.1. The average Bonchev–Trinajstić information content (AvgIpc) is 2.78. The van der Waals surface area contributed by atoms with Gasteiger partial charge in [-0.25, -0.2) is 13.8 Å². The molecule has 4 rings (SSSR count). The van der Waals surface area contributed by atoms with E-state index in [1.54, 1.807) is 18.2 Å². The monoisotopic (exact) mass is 464 g/mol. The standard InChI is InChI=1S/C22H18F2N8O2/c1-34-16-4-2-3-14-18(16)29-17(32(21(14)33)13-8-11(23)7-12(24)9-13)5-6-28-20-15(10-25)19(26)30-22(27)31-20/h2-4,7-9H,5-6H2,1H3,(H5,26,27,28,30,31). The lowest BCUT2D eigenvalue weighted by Gasteiger charge is -2.16. The fraction of sp³-hybridized carbons (Fsp3) is 0.136. The number of methoxy groups -OCH3 is 1. The Balaban J connectivity index is 1.81. The molecule has 0 atom stereocenters. The van der Waals surface area contributed by atoms with Crippen LogP contribution in [0.15, 0.2) is 41.2 Å². The Hall–Kier alpha value is -4.79. The predicted octanol–water partition coefficient (Wildman–Crippen LogP) is 2.15. The number of rotatable bonds is 6. The first-order chi connectivity index (χ1) is 16.3. The number of nitriles is 1. The van der Waals surface area contributed by atoms with Gasteiger partial charge in [-0.2, -0.15) is 15.2 Å². The summed E-state index contributed by atoms with van der Waals surface area (Å²) in [4.78, 5) is 25.7. The zero-order chi connectivity index (χ0) is 24.4. The maximum absolute atomic E-state index is 14.0. The van der Waals surface area contributed by atoms with Crippen LogP contribution in [0.3, 0.4) is 0 Å². The minimum atomic E-state index is -0.845. The van der Waals surface area contributed by atoms with Crippen molar-refractivity contribution in [2.75, 3.05) is 30.4 Å². The predicted molar refractivity (Wildman–Crippen MR) is 122 cm³/mol. The number of hydrogen-bond donors (Lipinski definition) is 3. The van der Waals surface area contributed by atoms with Crippen LogP contribution >= 0.6 is 0 Å². The van der Waals surface area contributed by atoms with Gasteiger partial charge in [0, 0.05) is 19.0 Å². The molecule has 4 aromatic rings. The zero-order valence-electron chi connectivity index (χ0n) is 17.8. The van der Waals surface area contributed by atoms with Crippen molar-refractivity contribution in [3.05, 3.63) is 69.8 Å². The minimum absolute atomic E-state index is 0.00642. The molecule has 0 fully saturated rings. The number of ether oxygens (including phenoxy) is 1. The van der Waals surface area contributed by atoms with Crippen molar-refractivity contribution in [2.24, 2.45) is 0 Å². The maximum atomic E-state index is 14.0. The first-order valence-corrected chi connectivity index (χ1v) is 9.94. The second-order valence-electron chi connectivity index (χ2n) is 7.13. The SMILES string of the molecule is COc1cccc2c(=O)n(-c3cc(F)cc(F)c3)c(CCNc3nc(N)nc(N)c3C#N)nc12. The summed E-state index contributed by atoms with van der Waals surface area (Å²) in [5.41, 5.74) is 11.1. The molecule has 10 nitrogen and oxygen atoms in total. The number of para-hydroxylation sites is 1. The number of halogens is 2. The van der Waals surface area contributed by atoms with Gasteiger partial charge < -0.3 is 21.5 Å². The fourth-order valence-corrected chi connectivity index (χ4v) is 3.52. The zero-order valence-corrected chi connectivity index (χ0v) is 17.8. The summed E-state index contributed by atoms with van der Waals surface area (Å²) in [6.07, 6.45) is 0.0933. The molecule has 0 radical (unpaired) electrons. The molecule has 0 amide bonds. The van der Waals surface area contributed by atoms with E-state index >= 15 is 0 Å². The number of nitrogens with zero attached hydrogens (tertiary/aromatic N) is 5. The quantitative estimate of drug-likeness (QED) is 0.389. The Bertz CT molecular complexity index is 1490. The van der Waals surface area contributed by atoms with E-state index in [4.69, 9.17) is 16.2 Å². The highest BCUT2D eigenvalue weighted by Gasteiger charge is 2.17. The maximum Gasteiger partial charge on any atom is 0.266 e. The van der Waals surface area contributed by atoms with Gasteiger partial charge in [0.25, 0.3) is 5.56 Å². The summed E-state index contributed by atoms with van der Waals surface area (Å²) in [6.45, 7) is 0.121. The van der Waals surface area contributed by atoms with Crippen LogP contribution in [0.2, 0.25) is 0 Å². The van der Waals surface area contributed by atoms with E-state index in [1.165, 1.54) is 7.11 Å². The minimum Gasteiger partial charge on any atom is -0.494 e. The van der Waals surface area contributed by atoms with Crippen LogP contribution in [-0.4, -0.2) is 33.2 Å². The summed E-state index contributed by atoms with van der Waals surface area (Å²) < 4.78 is 34.4. The van der Waals surface area contributed by atoms with E-state index in [2.05, 4.69) is 20.3 Å². The lowest BCUT2D eigenvalue weighted by molar-refractivity contribution is 0.418. The molecule has 0 saturated carbocycles. The van der Waals surface area contributed by atoms with Crippen LogP contribution in [0, 0.1) is 23.0 Å². The summed E-state index contributed by atoms with van der Waals surface area (Å²) in [7, 11) is 1.44. The molecule has 2 heterocycles. The Morgan fingerprint density at radius 2 is 1.88 bits per heavy atom. The molecular formula is C22H18F2N8O2. The second kappa shape index (κ2) is 8.99. The van der Waals surface area contributed by atoms with Gasteiger partial charge >= 0.3 is 0 Å². The molecule has 0 aliphatic heterocycles. The van der Waals surface area contributed by atoms with Crippen LogP contribution in [0.25, 0.3) is 16.6 Å². The van der Waals surface area contributed by atoms with Crippen molar-refractivity contribution in [2.45, 2.75) is 6.42 Å². The molecule has 0 spiro atoms. The first kappa shape index (κ1) is 22.4. The van der Waals surface area contributed by atoms with Crippen LogP contribution in [0.1, 0.15) is 11.4 Å². The third kappa shape index (κ3) is 4.14. The number of nitrogens with one attached hydrogen (secondary N) is 1. The van der Waals surface area contributed by atoms with Crippen molar-refractivity contribution in [1.29, 1.82) is 5.26 Å². The molecule has 5 N–H and O–H groups in total. The number of benzene rings is 2. The van der Waals surface area contributed by atoms with Gasteiger partial charge in [0.15, 0.2) is 5.82 Å². The molecule has 0 aliphatic rings. The van der Waals surface area contributed by atoms with Crippen molar-refractivity contribution >= 4 is 28.5 Å². The molecule has 172 valence electrons. The van der Waals surface area contributed by atoms with Crippen molar-refractivity contribution in [3.8, 4) is 17.5 Å². The van der Waals surface area contributed by atoms with Crippen molar-refractivity contribution < 1.29 is 13.5 Å². The summed E-state index contributed by atoms with van der Waals surface area (Å²) in [6, 6.07) is 9.50. The van der Waals surface area contributed by atoms with E-state index < -0.39 is 17.2 Å². The van der Waals surface area contributed by atoms with E-state index in [1.807, 2.05) is 6.07 Å². The number of hydrogen-bond acceptors (Lipinski definition) is 9. The number of anilines is 3. The largest absolute Gasteiger partial charge is 0.494 e. The highest BCUT2D eigenvalue weighted by Crippen LogP contribution is 2.24. The van der Waals surface area contributed by atoms with Crippen LogP contribution in [0.5, 0.6) is 5.75 Å². The van der Waals surface area contributed by atoms with Gasteiger partial charge in [0.05, 0.1) is 18.2 Å². The van der Waals surface area contributed by atoms with Gasteiger partial charge in [-0.3, -0.25) is 9.36 Å². The van der Waals surface area contributed by atoms with Crippen LogP contribution < -0.4 is 27.1 Å². The molecule has 0 saturated heterocycles. The second-order valence-corrected chi connectivity index (χ2v) is 7.13. The number of nitrogen functional groups attached to an aromatic ring is 2. The number of fused-ring (bicyclic) bond motifs is 1. The molecule has 0 unspecified atom stereocenters. The van der Waals surface area contributed by atoms with Gasteiger partial charge in [-0.15, -0.1) is 0 Å². The summed E-state index contributed by atoms with van der Waals surface area (Å²) >= 11 is 0.